The average molecular weight is 270 g/mol. The molecule has 0 N–H and O–H groups in total. The van der Waals surface area contributed by atoms with Gasteiger partial charge in [0.25, 0.3) is 0 Å². The van der Waals surface area contributed by atoms with E-state index in [0.717, 1.165) is 12.2 Å². The monoisotopic (exact) mass is 270 g/mol. The van der Waals surface area contributed by atoms with Crippen molar-refractivity contribution in [3.63, 3.8) is 0 Å². The lowest BCUT2D eigenvalue weighted by Gasteiger charge is -2.17. The van der Waals surface area contributed by atoms with Crippen molar-refractivity contribution in [1.29, 1.82) is 0 Å². The zero-order valence-corrected chi connectivity index (χ0v) is 11.5. The smallest absolute Gasteiger partial charge is 0.239 e. The van der Waals surface area contributed by atoms with Crippen LogP contribution in [0.5, 0.6) is 0 Å². The van der Waals surface area contributed by atoms with Crippen LogP contribution in [0.3, 0.4) is 0 Å². The second-order valence-electron chi connectivity index (χ2n) is 4.42. The Kier molecular flexibility index (Phi) is 4.77. The van der Waals surface area contributed by atoms with Crippen LogP contribution in [0.15, 0.2) is 4.52 Å². The number of ketones is 1. The van der Waals surface area contributed by atoms with Crippen LogP contribution >= 0.6 is 11.8 Å². The number of rotatable bonds is 5. The minimum Gasteiger partial charge on any atom is -0.380 e. The number of Topliss-reactive ketones (excluding diaryl/α,β-unsaturated/α-hetero) is 1. The normalized spacial score (nSPS) is 22.1. The molecule has 1 aromatic heterocycles. The fourth-order valence-corrected chi connectivity index (χ4v) is 2.44. The second-order valence-corrected chi connectivity index (χ2v) is 5.85. The van der Waals surface area contributed by atoms with Crippen LogP contribution in [0.4, 0.5) is 0 Å². The van der Waals surface area contributed by atoms with E-state index in [-0.39, 0.29) is 11.7 Å². The molecule has 0 aliphatic carbocycles. The van der Waals surface area contributed by atoms with Gasteiger partial charge in [-0.25, -0.2) is 0 Å². The van der Waals surface area contributed by atoms with E-state index < -0.39 is 0 Å². The highest BCUT2D eigenvalue weighted by molar-refractivity contribution is 7.99. The van der Waals surface area contributed by atoms with Gasteiger partial charge in [0.2, 0.25) is 5.89 Å². The first kappa shape index (κ1) is 13.5. The maximum absolute atomic E-state index is 11.7. The van der Waals surface area contributed by atoms with Gasteiger partial charge in [0.15, 0.2) is 5.82 Å². The number of ether oxygens (including phenoxy) is 1. The van der Waals surface area contributed by atoms with Gasteiger partial charge in [-0.1, -0.05) is 19.0 Å². The number of carbonyl (C=O) groups excluding carboxylic acids is 1. The van der Waals surface area contributed by atoms with Gasteiger partial charge in [0, 0.05) is 11.7 Å². The van der Waals surface area contributed by atoms with E-state index in [0.29, 0.717) is 36.6 Å². The van der Waals surface area contributed by atoms with Crippen LogP contribution in [0, 0.1) is 0 Å². The molecule has 2 heterocycles. The van der Waals surface area contributed by atoms with Crippen LogP contribution in [0.25, 0.3) is 0 Å². The summed E-state index contributed by atoms with van der Waals surface area (Å²) in [6, 6.07) is 0. The van der Waals surface area contributed by atoms with E-state index in [9.17, 15) is 4.79 Å². The summed E-state index contributed by atoms with van der Waals surface area (Å²) in [5, 5.41) is 4.49. The molecule has 0 amide bonds. The molecular weight excluding hydrogens is 252 g/mol. The van der Waals surface area contributed by atoms with Gasteiger partial charge in [-0.05, 0) is 6.42 Å². The minimum absolute atomic E-state index is 0.131. The summed E-state index contributed by atoms with van der Waals surface area (Å²) in [7, 11) is 0. The van der Waals surface area contributed by atoms with E-state index in [1.54, 1.807) is 11.8 Å². The topological polar surface area (TPSA) is 65.2 Å². The van der Waals surface area contributed by atoms with Crippen molar-refractivity contribution >= 4 is 17.5 Å². The van der Waals surface area contributed by atoms with Crippen LogP contribution in [0.1, 0.15) is 44.3 Å². The SMILES string of the molecule is CCC(C)SCc1noc(C2COCCC2=O)n1. The van der Waals surface area contributed by atoms with Crippen molar-refractivity contribution in [2.24, 2.45) is 0 Å². The Balaban J connectivity index is 1.94. The lowest BCUT2D eigenvalue weighted by molar-refractivity contribution is -0.127. The Morgan fingerprint density at radius 3 is 3.11 bits per heavy atom. The molecule has 6 heteroatoms. The van der Waals surface area contributed by atoms with Crippen molar-refractivity contribution in [2.75, 3.05) is 13.2 Å². The molecule has 1 saturated heterocycles. The molecule has 0 bridgehead atoms. The second kappa shape index (κ2) is 6.33. The van der Waals surface area contributed by atoms with Crippen molar-refractivity contribution < 1.29 is 14.1 Å². The van der Waals surface area contributed by atoms with Crippen molar-refractivity contribution in [2.45, 2.75) is 43.6 Å². The molecule has 0 radical (unpaired) electrons. The highest BCUT2D eigenvalue weighted by Crippen LogP contribution is 2.23. The largest absolute Gasteiger partial charge is 0.380 e. The predicted molar refractivity (Wildman–Crippen MR) is 68.5 cm³/mol. The van der Waals surface area contributed by atoms with Gasteiger partial charge in [-0.3, -0.25) is 4.79 Å². The summed E-state index contributed by atoms with van der Waals surface area (Å²) in [5.41, 5.74) is 0. The third kappa shape index (κ3) is 3.32. The third-order valence-corrected chi connectivity index (χ3v) is 4.35. The molecule has 18 heavy (non-hydrogen) atoms. The van der Waals surface area contributed by atoms with E-state index in [1.165, 1.54) is 0 Å². The molecule has 0 spiro atoms. The third-order valence-electron chi connectivity index (χ3n) is 3.02. The van der Waals surface area contributed by atoms with Gasteiger partial charge in [0.05, 0.1) is 19.0 Å². The zero-order chi connectivity index (χ0) is 13.0. The van der Waals surface area contributed by atoms with Crippen molar-refractivity contribution in [3.8, 4) is 0 Å². The van der Waals surface area contributed by atoms with Crippen LogP contribution in [-0.4, -0.2) is 34.4 Å². The number of nitrogens with zero attached hydrogens (tertiary/aromatic N) is 2. The van der Waals surface area contributed by atoms with Crippen LogP contribution in [0.2, 0.25) is 0 Å². The molecule has 1 aliphatic rings. The fourth-order valence-electron chi connectivity index (χ4n) is 1.65. The summed E-state index contributed by atoms with van der Waals surface area (Å²) < 4.78 is 10.4. The molecule has 1 aliphatic heterocycles. The number of aromatic nitrogens is 2. The molecule has 0 aromatic carbocycles. The lowest BCUT2D eigenvalue weighted by Crippen LogP contribution is -2.25. The Bertz CT molecular complexity index is 408. The Morgan fingerprint density at radius 2 is 2.39 bits per heavy atom. The summed E-state index contributed by atoms with van der Waals surface area (Å²) in [6.45, 7) is 5.18. The standard InChI is InChI=1S/C12H18N2O3S/c1-3-8(2)18-7-11-13-12(17-14-11)9-6-16-5-4-10(9)15/h8-9H,3-7H2,1-2H3. The summed E-state index contributed by atoms with van der Waals surface area (Å²) in [5.74, 6) is 1.55. The first-order chi connectivity index (χ1) is 8.70. The summed E-state index contributed by atoms with van der Waals surface area (Å²) in [6.07, 6.45) is 1.55. The van der Waals surface area contributed by atoms with E-state index in [4.69, 9.17) is 9.26 Å². The van der Waals surface area contributed by atoms with Crippen LogP contribution < -0.4 is 0 Å². The van der Waals surface area contributed by atoms with Crippen LogP contribution in [-0.2, 0) is 15.3 Å². The van der Waals surface area contributed by atoms with E-state index in [1.807, 2.05) is 0 Å². The van der Waals surface area contributed by atoms with Crippen molar-refractivity contribution in [1.82, 2.24) is 10.1 Å². The molecule has 2 atom stereocenters. The first-order valence-electron chi connectivity index (χ1n) is 6.25. The minimum atomic E-state index is -0.367. The summed E-state index contributed by atoms with van der Waals surface area (Å²) in [4.78, 5) is 16.0. The zero-order valence-electron chi connectivity index (χ0n) is 10.7. The molecule has 0 saturated carbocycles. The summed E-state index contributed by atoms with van der Waals surface area (Å²) >= 11 is 1.79. The quantitative estimate of drug-likeness (QED) is 0.817. The lowest BCUT2D eigenvalue weighted by atomic mass is 10.0. The first-order valence-corrected chi connectivity index (χ1v) is 7.30. The molecule has 100 valence electrons. The number of carbonyl (C=O) groups is 1. The molecular formula is C12H18N2O3S. The highest BCUT2D eigenvalue weighted by atomic mass is 32.2. The molecule has 2 unspecified atom stereocenters. The van der Waals surface area contributed by atoms with Gasteiger partial charge >= 0.3 is 0 Å². The number of thioether (sulfide) groups is 1. The van der Waals surface area contributed by atoms with E-state index >= 15 is 0 Å². The maximum atomic E-state index is 11.7. The molecule has 1 fully saturated rings. The number of hydrogen-bond donors (Lipinski definition) is 0. The highest BCUT2D eigenvalue weighted by Gasteiger charge is 2.29. The molecule has 1 aromatic rings. The Hall–Kier alpha value is -0.880. The number of hydrogen-bond acceptors (Lipinski definition) is 6. The molecule has 2 rings (SSSR count). The molecule has 5 nitrogen and oxygen atoms in total. The predicted octanol–water partition coefficient (Wildman–Crippen LogP) is 2.17. The fraction of sp³-hybridized carbons (Fsp3) is 0.750. The average Bonchev–Trinajstić information content (AvgIpc) is 2.85. The van der Waals surface area contributed by atoms with Gasteiger partial charge < -0.3 is 9.26 Å². The van der Waals surface area contributed by atoms with Crippen molar-refractivity contribution in [3.05, 3.63) is 11.7 Å². The van der Waals surface area contributed by atoms with Gasteiger partial charge in [-0.2, -0.15) is 16.7 Å². The Labute approximate surface area is 111 Å². The van der Waals surface area contributed by atoms with Gasteiger partial charge in [-0.15, -0.1) is 0 Å². The van der Waals surface area contributed by atoms with E-state index in [2.05, 4.69) is 24.0 Å². The van der Waals surface area contributed by atoms with Gasteiger partial charge in [0.1, 0.15) is 11.7 Å². The maximum Gasteiger partial charge on any atom is 0.239 e. The Morgan fingerprint density at radius 1 is 1.56 bits per heavy atom.